The van der Waals surface area contributed by atoms with Crippen LogP contribution in [0.4, 0.5) is 8.78 Å². The molecule has 0 radical (unpaired) electrons. The molecule has 1 aliphatic heterocycles. The van der Waals surface area contributed by atoms with Crippen molar-refractivity contribution < 1.29 is 32.3 Å². The highest BCUT2D eigenvalue weighted by molar-refractivity contribution is 5.86. The summed E-state index contributed by atoms with van der Waals surface area (Å²) in [4.78, 5) is 40.7. The number of esters is 1. The first kappa shape index (κ1) is 29.8. The molecule has 0 unspecified atom stereocenters. The third kappa shape index (κ3) is 5.59. The van der Waals surface area contributed by atoms with Gasteiger partial charge in [-0.15, -0.1) is 0 Å². The molecule has 3 heterocycles. The summed E-state index contributed by atoms with van der Waals surface area (Å²) in [5, 5.41) is 2.96. The summed E-state index contributed by atoms with van der Waals surface area (Å²) in [5.74, 6) is -2.36. The number of amides is 1. The predicted molar refractivity (Wildman–Crippen MR) is 163 cm³/mol. The normalized spacial score (nSPS) is 16.3. The molecule has 4 bridgehead atoms. The monoisotopic (exact) mass is 612 g/mol. The second-order valence-corrected chi connectivity index (χ2v) is 11.0. The van der Waals surface area contributed by atoms with Gasteiger partial charge in [0, 0.05) is 22.9 Å². The first-order valence-electron chi connectivity index (χ1n) is 14.5. The lowest BCUT2D eigenvalue weighted by Gasteiger charge is -2.27. The van der Waals surface area contributed by atoms with Gasteiger partial charge in [0.1, 0.15) is 35.6 Å². The van der Waals surface area contributed by atoms with Crippen LogP contribution in [0, 0.1) is 25.5 Å². The lowest BCUT2D eigenvalue weighted by atomic mass is 9.91. The summed E-state index contributed by atoms with van der Waals surface area (Å²) in [7, 11) is 0. The molecule has 6 rings (SSSR count). The summed E-state index contributed by atoms with van der Waals surface area (Å²) < 4.78 is 49.5. The fourth-order valence-corrected chi connectivity index (χ4v) is 5.86. The summed E-state index contributed by atoms with van der Waals surface area (Å²) in [6, 6.07) is 13.2. The van der Waals surface area contributed by atoms with Crippen LogP contribution in [-0.4, -0.2) is 23.1 Å². The van der Waals surface area contributed by atoms with Gasteiger partial charge in [0.05, 0.1) is 30.7 Å². The number of furan rings is 1. The number of rotatable bonds is 4. The van der Waals surface area contributed by atoms with Gasteiger partial charge in [0.25, 0.3) is 5.56 Å². The first-order valence-corrected chi connectivity index (χ1v) is 14.5. The minimum Gasteiger partial charge on any atom is -0.488 e. The molecule has 1 amide bonds. The Morgan fingerprint density at radius 2 is 1.84 bits per heavy atom. The van der Waals surface area contributed by atoms with Crippen LogP contribution < -0.4 is 15.6 Å². The van der Waals surface area contributed by atoms with Crippen molar-refractivity contribution in [3.05, 3.63) is 123 Å². The Kier molecular flexibility index (Phi) is 7.97. The topological polar surface area (TPSA) is 99.8 Å². The Balaban J connectivity index is 1.61. The number of hydrogen-bond acceptors (Lipinski definition) is 6. The van der Waals surface area contributed by atoms with Crippen LogP contribution in [0.25, 0.3) is 22.1 Å². The van der Waals surface area contributed by atoms with E-state index in [0.29, 0.717) is 28.0 Å². The molecule has 10 heteroatoms. The lowest BCUT2D eigenvalue weighted by molar-refractivity contribution is -0.143. The lowest BCUT2D eigenvalue weighted by Crippen LogP contribution is -2.40. The van der Waals surface area contributed by atoms with Crippen molar-refractivity contribution in [2.24, 2.45) is 0 Å². The molecule has 8 nitrogen and oxygen atoms in total. The molecule has 2 aromatic heterocycles. The highest BCUT2D eigenvalue weighted by Gasteiger charge is 2.32. The standard InChI is InChI=1S/C35H30F2N2O6/c1-4-43-30(40)17-27-25-16-22(14-20(3)32(25)37)31-19(2)6-5-7-29(31)45-18-21-8-9-26(36)24(15-21)33(34(41)38-27)39-12-10-28-23(35(39)42)11-13-44-28/h5-16,27,33H,4,17-18H2,1-3H3,(H,38,41)/t27-,33-/m0/s1. The van der Waals surface area contributed by atoms with E-state index in [1.165, 1.54) is 36.7 Å². The zero-order valence-corrected chi connectivity index (χ0v) is 24.9. The maximum Gasteiger partial charge on any atom is 0.308 e. The molecule has 0 spiro atoms. The van der Waals surface area contributed by atoms with E-state index in [1.54, 1.807) is 38.1 Å². The van der Waals surface area contributed by atoms with Crippen LogP contribution in [0.15, 0.2) is 82.3 Å². The average molecular weight is 613 g/mol. The number of carbonyl (C=O) groups is 2. The first-order chi connectivity index (χ1) is 21.7. The minimum atomic E-state index is -1.54. The molecule has 0 saturated heterocycles. The summed E-state index contributed by atoms with van der Waals surface area (Å²) >= 11 is 0. The quantitative estimate of drug-likeness (QED) is 0.234. The zero-order chi connectivity index (χ0) is 31.8. The van der Waals surface area contributed by atoms with Crippen molar-refractivity contribution in [2.45, 2.75) is 45.9 Å². The third-order valence-electron chi connectivity index (χ3n) is 8.00. The summed E-state index contributed by atoms with van der Waals surface area (Å²) in [6.45, 7) is 5.23. The van der Waals surface area contributed by atoms with Gasteiger partial charge in [-0.25, -0.2) is 8.78 Å². The molecule has 45 heavy (non-hydrogen) atoms. The largest absolute Gasteiger partial charge is 0.488 e. The van der Waals surface area contributed by atoms with Crippen molar-refractivity contribution in [3.8, 4) is 16.9 Å². The van der Waals surface area contributed by atoms with E-state index >= 15 is 8.78 Å². The van der Waals surface area contributed by atoms with Crippen LogP contribution in [-0.2, 0) is 20.9 Å². The van der Waals surface area contributed by atoms with Gasteiger partial charge < -0.3 is 19.2 Å². The number of halogens is 2. The number of aryl methyl sites for hydroxylation is 2. The molecule has 0 aliphatic carbocycles. The smallest absolute Gasteiger partial charge is 0.308 e. The van der Waals surface area contributed by atoms with Gasteiger partial charge in [0.2, 0.25) is 5.91 Å². The highest BCUT2D eigenvalue weighted by Crippen LogP contribution is 2.38. The molecule has 0 fully saturated rings. The molecular formula is C35H30F2N2O6. The molecule has 230 valence electrons. The maximum absolute atomic E-state index is 16.0. The van der Waals surface area contributed by atoms with E-state index in [-0.39, 0.29) is 35.3 Å². The second kappa shape index (κ2) is 12.0. The molecular weight excluding hydrogens is 582 g/mol. The Hall–Kier alpha value is -5.25. The van der Waals surface area contributed by atoms with Crippen LogP contribution >= 0.6 is 0 Å². The van der Waals surface area contributed by atoms with Gasteiger partial charge in [-0.2, -0.15) is 0 Å². The van der Waals surface area contributed by atoms with Gasteiger partial charge in [-0.05, 0) is 85.5 Å². The second-order valence-electron chi connectivity index (χ2n) is 11.0. The zero-order valence-electron chi connectivity index (χ0n) is 24.9. The number of benzene rings is 3. The Labute approximate surface area is 257 Å². The third-order valence-corrected chi connectivity index (χ3v) is 8.00. The van der Waals surface area contributed by atoms with Gasteiger partial charge in [-0.1, -0.05) is 18.2 Å². The molecule has 2 atom stereocenters. The Morgan fingerprint density at radius 3 is 2.64 bits per heavy atom. The number of ether oxygens (including phenoxy) is 2. The predicted octanol–water partition coefficient (Wildman–Crippen LogP) is 6.45. The van der Waals surface area contributed by atoms with E-state index in [1.807, 2.05) is 19.1 Å². The van der Waals surface area contributed by atoms with E-state index in [0.717, 1.165) is 10.1 Å². The molecule has 5 aromatic rings. The summed E-state index contributed by atoms with van der Waals surface area (Å²) in [6.07, 6.45) is 2.27. The van der Waals surface area contributed by atoms with E-state index in [9.17, 15) is 14.4 Å². The van der Waals surface area contributed by atoms with Crippen LogP contribution in [0.1, 0.15) is 53.2 Å². The van der Waals surface area contributed by atoms with E-state index in [4.69, 9.17) is 13.9 Å². The Morgan fingerprint density at radius 1 is 1.02 bits per heavy atom. The molecule has 1 N–H and O–H groups in total. The van der Waals surface area contributed by atoms with Gasteiger partial charge >= 0.3 is 5.97 Å². The number of hydrogen-bond donors (Lipinski definition) is 1. The number of pyridine rings is 1. The van der Waals surface area contributed by atoms with Crippen LogP contribution in [0.2, 0.25) is 0 Å². The van der Waals surface area contributed by atoms with Crippen molar-refractivity contribution in [3.63, 3.8) is 0 Å². The molecule has 1 aliphatic rings. The number of aromatic nitrogens is 1. The average Bonchev–Trinajstić information content (AvgIpc) is 3.49. The van der Waals surface area contributed by atoms with E-state index < -0.39 is 47.6 Å². The molecule has 3 aromatic carbocycles. The Bertz CT molecular complexity index is 2010. The van der Waals surface area contributed by atoms with E-state index in [2.05, 4.69) is 5.32 Å². The SMILES string of the molecule is CCOC(=O)C[C@@H]1NC(=O)[C@@H](n2ccc3occc3c2=O)c2cc(ccc2F)COc2cccc(C)c2-c2cc(C)c(F)c1c2. The van der Waals surface area contributed by atoms with Crippen molar-refractivity contribution in [1.82, 2.24) is 9.88 Å². The number of fused-ring (bicyclic) bond motifs is 7. The van der Waals surface area contributed by atoms with Gasteiger partial charge in [-0.3, -0.25) is 19.0 Å². The van der Waals surface area contributed by atoms with Gasteiger partial charge in [0.15, 0.2) is 0 Å². The maximum atomic E-state index is 16.0. The van der Waals surface area contributed by atoms with Crippen molar-refractivity contribution in [2.75, 3.05) is 6.61 Å². The van der Waals surface area contributed by atoms with Crippen molar-refractivity contribution in [1.29, 1.82) is 0 Å². The molecule has 0 saturated carbocycles. The summed E-state index contributed by atoms with van der Waals surface area (Å²) in [5.41, 5.74) is 2.63. The van der Waals surface area contributed by atoms with Crippen molar-refractivity contribution >= 4 is 22.8 Å². The minimum absolute atomic E-state index is 0.0201. The van der Waals surface area contributed by atoms with Crippen LogP contribution in [0.3, 0.4) is 0 Å². The fraction of sp³-hybridized carbons (Fsp3) is 0.229. The highest BCUT2D eigenvalue weighted by atomic mass is 19.1. The number of nitrogens with zero attached hydrogens (tertiary/aromatic N) is 1. The fourth-order valence-electron chi connectivity index (χ4n) is 5.86. The number of nitrogens with one attached hydrogen (secondary N) is 1. The van der Waals surface area contributed by atoms with Crippen LogP contribution in [0.5, 0.6) is 5.75 Å². The number of carbonyl (C=O) groups excluding carboxylic acids is 2.